The number of hydrogen-bond acceptors (Lipinski definition) is 9. The first-order valence-corrected chi connectivity index (χ1v) is 9.38. The highest BCUT2D eigenvalue weighted by Gasteiger charge is 2.53. The Balaban J connectivity index is 1.89. The highest BCUT2D eigenvalue weighted by Crippen LogP contribution is 2.34. The molecule has 31 heavy (non-hydrogen) atoms. The molecule has 0 radical (unpaired) electrons. The Morgan fingerprint density at radius 1 is 1.26 bits per heavy atom. The van der Waals surface area contributed by atoms with Gasteiger partial charge in [-0.05, 0) is 31.4 Å². The fourth-order valence-corrected chi connectivity index (χ4v) is 3.55. The van der Waals surface area contributed by atoms with E-state index in [-0.39, 0.29) is 22.9 Å². The average molecular weight is 436 g/mol. The maximum Gasteiger partial charge on any atom is 0.404 e. The van der Waals surface area contributed by atoms with E-state index in [1.165, 1.54) is 26.2 Å². The number of aliphatic hydroxyl groups is 1. The Morgan fingerprint density at radius 2 is 1.97 bits per heavy atom. The van der Waals surface area contributed by atoms with Gasteiger partial charge in [0.2, 0.25) is 18.1 Å². The molecule has 1 aliphatic heterocycles. The number of methoxy groups -OCH3 is 1. The van der Waals surface area contributed by atoms with E-state index >= 15 is 0 Å². The lowest BCUT2D eigenvalue weighted by atomic mass is 9.89. The van der Waals surface area contributed by atoms with Crippen LogP contribution < -0.4 is 21.4 Å². The number of hydrogen-bond donors (Lipinski definition) is 3. The van der Waals surface area contributed by atoms with Crippen LogP contribution in [0.3, 0.4) is 0 Å². The van der Waals surface area contributed by atoms with Crippen molar-refractivity contribution in [3.8, 4) is 5.75 Å². The summed E-state index contributed by atoms with van der Waals surface area (Å²) in [4.78, 5) is 34.8. The van der Waals surface area contributed by atoms with E-state index < -0.39 is 41.9 Å². The number of rotatable bonds is 5. The zero-order valence-corrected chi connectivity index (χ0v) is 17.4. The molecule has 1 aliphatic rings. The van der Waals surface area contributed by atoms with E-state index in [4.69, 9.17) is 29.1 Å². The highest BCUT2D eigenvalue weighted by atomic mass is 16.7. The van der Waals surface area contributed by atoms with Crippen molar-refractivity contribution in [3.63, 3.8) is 0 Å². The Bertz CT molecular complexity index is 1050. The van der Waals surface area contributed by atoms with Crippen molar-refractivity contribution in [1.82, 2.24) is 0 Å². The number of nitrogens with two attached hydrogens (primary N) is 1. The van der Waals surface area contributed by atoms with Crippen LogP contribution in [0.2, 0.25) is 0 Å². The molecule has 2 heterocycles. The topological polar surface area (TPSA) is 160 Å². The van der Waals surface area contributed by atoms with Crippen molar-refractivity contribution < 1.29 is 38.1 Å². The summed E-state index contributed by atoms with van der Waals surface area (Å²) >= 11 is 0. The fourth-order valence-electron chi connectivity index (χ4n) is 3.55. The number of carbonyl (C=O) groups excluding carboxylic acids is 2. The van der Waals surface area contributed by atoms with Crippen LogP contribution in [0.5, 0.6) is 5.75 Å². The van der Waals surface area contributed by atoms with Crippen molar-refractivity contribution in [3.05, 3.63) is 34.7 Å². The third-order valence-electron chi connectivity index (χ3n) is 4.81. The van der Waals surface area contributed by atoms with Crippen LogP contribution in [0.25, 0.3) is 10.8 Å². The van der Waals surface area contributed by atoms with Gasteiger partial charge in [-0.2, -0.15) is 0 Å². The number of ether oxygens (including phenoxy) is 4. The van der Waals surface area contributed by atoms with E-state index in [9.17, 15) is 19.5 Å². The van der Waals surface area contributed by atoms with Crippen LogP contribution in [0, 0.1) is 0 Å². The van der Waals surface area contributed by atoms with Crippen LogP contribution in [0.15, 0.2) is 33.5 Å². The predicted octanol–water partition coefficient (Wildman–Crippen LogP) is 1.10. The lowest BCUT2D eigenvalue weighted by Gasteiger charge is -2.47. The van der Waals surface area contributed by atoms with E-state index in [1.807, 2.05) is 0 Å². The molecule has 2 amide bonds. The van der Waals surface area contributed by atoms with Gasteiger partial charge in [0, 0.05) is 20.1 Å². The number of primary amides is 1. The van der Waals surface area contributed by atoms with Crippen LogP contribution in [0.4, 0.5) is 10.7 Å². The van der Waals surface area contributed by atoms with Gasteiger partial charge in [0.25, 0.3) is 0 Å². The fraction of sp³-hybridized carbons (Fsp3) is 0.450. The summed E-state index contributed by atoms with van der Waals surface area (Å²) in [5, 5.41) is 13.8. The first kappa shape index (κ1) is 22.5. The summed E-state index contributed by atoms with van der Waals surface area (Å²) in [6, 6.07) is 6.04. The Kier molecular flexibility index (Phi) is 6.20. The summed E-state index contributed by atoms with van der Waals surface area (Å²) in [6.07, 6.45) is -5.73. The number of fused-ring (bicyclic) bond motifs is 1. The molecule has 0 bridgehead atoms. The molecule has 168 valence electrons. The lowest BCUT2D eigenvalue weighted by molar-refractivity contribution is -0.304. The quantitative estimate of drug-likeness (QED) is 0.624. The van der Waals surface area contributed by atoms with Crippen LogP contribution >= 0.6 is 0 Å². The van der Waals surface area contributed by atoms with Crippen molar-refractivity contribution >= 4 is 28.7 Å². The van der Waals surface area contributed by atoms with Crippen LogP contribution in [-0.2, 0) is 19.0 Å². The molecule has 3 rings (SSSR count). The number of amides is 2. The summed E-state index contributed by atoms with van der Waals surface area (Å²) in [7, 11) is 1.39. The molecule has 11 heteroatoms. The van der Waals surface area contributed by atoms with Crippen LogP contribution in [-0.4, -0.2) is 54.4 Å². The van der Waals surface area contributed by atoms with Crippen molar-refractivity contribution in [1.29, 1.82) is 0 Å². The molecule has 1 unspecified atom stereocenters. The molecule has 0 aliphatic carbocycles. The zero-order valence-electron chi connectivity index (χ0n) is 17.4. The Labute approximate surface area is 177 Å². The molecule has 1 fully saturated rings. The van der Waals surface area contributed by atoms with Gasteiger partial charge in [0.05, 0.1) is 11.0 Å². The molecule has 2 aromatic rings. The number of benzene rings is 1. The molecular formula is C20H24N2O9. The molecule has 11 nitrogen and oxygen atoms in total. The molecule has 0 spiro atoms. The molecular weight excluding hydrogens is 412 g/mol. The number of anilines is 1. The average Bonchev–Trinajstić information content (AvgIpc) is 2.65. The second-order valence-electron chi connectivity index (χ2n) is 7.58. The van der Waals surface area contributed by atoms with Gasteiger partial charge in [0.15, 0.2) is 12.2 Å². The zero-order chi connectivity index (χ0) is 22.9. The molecule has 0 saturated carbocycles. The standard InChI is InChI=1S/C20H24N2O9/c1-9(23)22-13-7-10-5-6-11(8-12(10)17(25)29-13)28-18-14(24)15(30-19(21)26)16(27-4)20(2,3)31-18/h5-8,14-16,18,24H,1-4H3,(H2,21,26)(H,22,23)/t14?,15-,16+,18+/m0/s1. The number of nitrogens with one attached hydrogen (secondary N) is 1. The summed E-state index contributed by atoms with van der Waals surface area (Å²) in [5.41, 5.74) is 3.43. The highest BCUT2D eigenvalue weighted by molar-refractivity contribution is 5.90. The Morgan fingerprint density at radius 3 is 2.58 bits per heavy atom. The van der Waals surface area contributed by atoms with E-state index in [0.29, 0.717) is 5.39 Å². The van der Waals surface area contributed by atoms with Gasteiger partial charge >= 0.3 is 11.7 Å². The van der Waals surface area contributed by atoms with Crippen LogP contribution in [0.1, 0.15) is 20.8 Å². The normalized spacial score (nSPS) is 25.1. The molecule has 4 N–H and O–H groups in total. The minimum Gasteiger partial charge on any atom is -0.462 e. The summed E-state index contributed by atoms with van der Waals surface area (Å²) in [6.45, 7) is 4.65. The summed E-state index contributed by atoms with van der Waals surface area (Å²) < 4.78 is 27.1. The first-order chi connectivity index (χ1) is 14.5. The second kappa shape index (κ2) is 8.53. The molecule has 1 saturated heterocycles. The second-order valence-corrected chi connectivity index (χ2v) is 7.58. The minimum absolute atomic E-state index is 0.0171. The van der Waals surface area contributed by atoms with Gasteiger partial charge in [-0.1, -0.05) is 6.07 Å². The third kappa shape index (κ3) is 4.79. The van der Waals surface area contributed by atoms with Gasteiger partial charge in [-0.3, -0.25) is 10.1 Å². The molecule has 1 aromatic carbocycles. The van der Waals surface area contributed by atoms with Crippen molar-refractivity contribution in [2.75, 3.05) is 12.4 Å². The van der Waals surface area contributed by atoms with Gasteiger partial charge < -0.3 is 34.2 Å². The van der Waals surface area contributed by atoms with Crippen molar-refractivity contribution in [2.24, 2.45) is 5.73 Å². The maximum absolute atomic E-state index is 12.3. The SMILES string of the molecule is CO[C@@H]1[C@@H](OC(N)=O)C(O)[C@H](Oc2ccc3cc(NC(C)=O)oc(=O)c3c2)OC1(C)C. The number of carbonyl (C=O) groups is 2. The monoisotopic (exact) mass is 436 g/mol. The maximum atomic E-state index is 12.3. The summed E-state index contributed by atoms with van der Waals surface area (Å²) in [5.74, 6) is -0.167. The molecule has 1 aromatic heterocycles. The largest absolute Gasteiger partial charge is 0.462 e. The van der Waals surface area contributed by atoms with E-state index in [2.05, 4.69) is 5.32 Å². The van der Waals surface area contributed by atoms with Gasteiger partial charge in [-0.25, -0.2) is 9.59 Å². The lowest BCUT2D eigenvalue weighted by Crippen LogP contribution is -2.65. The van der Waals surface area contributed by atoms with Crippen molar-refractivity contribution in [2.45, 2.75) is 51.0 Å². The third-order valence-corrected chi connectivity index (χ3v) is 4.81. The smallest absolute Gasteiger partial charge is 0.404 e. The van der Waals surface area contributed by atoms with E-state index in [0.717, 1.165) is 0 Å². The minimum atomic E-state index is -1.43. The van der Waals surface area contributed by atoms with Gasteiger partial charge in [-0.15, -0.1) is 0 Å². The van der Waals surface area contributed by atoms with Gasteiger partial charge in [0.1, 0.15) is 11.9 Å². The molecule has 4 atom stereocenters. The first-order valence-electron chi connectivity index (χ1n) is 9.38. The van der Waals surface area contributed by atoms with E-state index in [1.54, 1.807) is 26.0 Å². The predicted molar refractivity (Wildman–Crippen MR) is 108 cm³/mol. The number of aliphatic hydroxyl groups excluding tert-OH is 1. The Hall–Kier alpha value is -3.15.